The second-order valence-corrected chi connectivity index (χ2v) is 6.44. The third-order valence-electron chi connectivity index (χ3n) is 2.63. The van der Waals surface area contributed by atoms with Crippen molar-refractivity contribution in [3.8, 4) is 0 Å². The second-order valence-electron chi connectivity index (χ2n) is 4.18. The first-order valence-corrected chi connectivity index (χ1v) is 7.67. The minimum Gasteiger partial charge on any atom is -0.324 e. The van der Waals surface area contributed by atoms with Crippen LogP contribution in [0, 0.1) is 0 Å². The molecular formula is C15H13Cl2NOS. The molecule has 0 heterocycles. The fourth-order valence-electron chi connectivity index (χ4n) is 1.57. The third kappa shape index (κ3) is 4.17. The van der Waals surface area contributed by atoms with Gasteiger partial charge in [-0.1, -0.05) is 35.3 Å². The second kappa shape index (κ2) is 7.02. The van der Waals surface area contributed by atoms with Gasteiger partial charge in [0.15, 0.2) is 0 Å². The van der Waals surface area contributed by atoms with Crippen LogP contribution in [0.1, 0.15) is 6.92 Å². The van der Waals surface area contributed by atoms with Crippen LogP contribution in [0.5, 0.6) is 0 Å². The summed E-state index contributed by atoms with van der Waals surface area (Å²) in [7, 11) is 0. The van der Waals surface area contributed by atoms with Gasteiger partial charge in [0.2, 0.25) is 5.91 Å². The van der Waals surface area contributed by atoms with Crippen molar-refractivity contribution in [3.05, 3.63) is 58.6 Å². The molecule has 0 bridgehead atoms. The van der Waals surface area contributed by atoms with E-state index in [-0.39, 0.29) is 11.2 Å². The highest BCUT2D eigenvalue weighted by Crippen LogP contribution is 2.27. The van der Waals surface area contributed by atoms with Crippen molar-refractivity contribution in [2.75, 3.05) is 5.32 Å². The summed E-state index contributed by atoms with van der Waals surface area (Å²) >= 11 is 13.3. The Bertz CT molecular complexity index is 601. The fraction of sp³-hybridized carbons (Fsp3) is 0.133. The van der Waals surface area contributed by atoms with E-state index < -0.39 is 0 Å². The zero-order valence-electron chi connectivity index (χ0n) is 10.8. The first-order chi connectivity index (χ1) is 9.56. The SMILES string of the molecule is C[C@@H](Sc1ccc(Cl)cc1)C(=O)Nc1ccccc1Cl. The quantitative estimate of drug-likeness (QED) is 0.791. The molecule has 1 atom stereocenters. The molecule has 104 valence electrons. The van der Waals surface area contributed by atoms with Gasteiger partial charge in [0.1, 0.15) is 0 Å². The highest BCUT2D eigenvalue weighted by atomic mass is 35.5. The Hall–Kier alpha value is -1.16. The van der Waals surface area contributed by atoms with Crippen LogP contribution in [-0.4, -0.2) is 11.2 Å². The maximum absolute atomic E-state index is 12.1. The van der Waals surface area contributed by atoms with E-state index >= 15 is 0 Å². The normalized spacial score (nSPS) is 11.9. The molecule has 0 aliphatic rings. The standard InChI is InChI=1S/C15H13Cl2NOS/c1-10(20-12-8-6-11(16)7-9-12)15(19)18-14-5-3-2-4-13(14)17/h2-10H,1H3,(H,18,19)/t10-/m1/s1. The Morgan fingerprint density at radius 3 is 2.40 bits per heavy atom. The van der Waals surface area contributed by atoms with Crippen LogP contribution in [0.15, 0.2) is 53.4 Å². The maximum Gasteiger partial charge on any atom is 0.237 e. The summed E-state index contributed by atoms with van der Waals surface area (Å²) in [6, 6.07) is 14.6. The maximum atomic E-state index is 12.1. The number of para-hydroxylation sites is 1. The number of carbonyl (C=O) groups is 1. The molecule has 1 amide bonds. The summed E-state index contributed by atoms with van der Waals surface area (Å²) in [5.41, 5.74) is 0.628. The molecule has 1 N–H and O–H groups in total. The number of hydrogen-bond donors (Lipinski definition) is 1. The van der Waals surface area contributed by atoms with E-state index in [1.165, 1.54) is 11.8 Å². The Kier molecular flexibility index (Phi) is 5.35. The molecule has 0 aliphatic heterocycles. The van der Waals surface area contributed by atoms with E-state index in [2.05, 4.69) is 5.32 Å². The molecule has 2 rings (SSSR count). The van der Waals surface area contributed by atoms with Gasteiger partial charge < -0.3 is 5.32 Å². The molecule has 20 heavy (non-hydrogen) atoms. The Labute approximate surface area is 132 Å². The van der Waals surface area contributed by atoms with Crippen molar-refractivity contribution in [3.63, 3.8) is 0 Å². The van der Waals surface area contributed by atoms with Crippen molar-refractivity contribution in [1.82, 2.24) is 0 Å². The van der Waals surface area contributed by atoms with Crippen molar-refractivity contribution in [2.24, 2.45) is 0 Å². The smallest absolute Gasteiger partial charge is 0.237 e. The van der Waals surface area contributed by atoms with Crippen LogP contribution < -0.4 is 5.32 Å². The van der Waals surface area contributed by atoms with Gasteiger partial charge in [-0.15, -0.1) is 11.8 Å². The molecule has 0 aliphatic carbocycles. The molecule has 0 radical (unpaired) electrons. The van der Waals surface area contributed by atoms with E-state index in [1.54, 1.807) is 12.1 Å². The molecule has 0 saturated carbocycles. The molecule has 0 spiro atoms. The Balaban J connectivity index is 1.99. The van der Waals surface area contributed by atoms with E-state index in [0.29, 0.717) is 15.7 Å². The van der Waals surface area contributed by atoms with Crippen LogP contribution in [0.3, 0.4) is 0 Å². The van der Waals surface area contributed by atoms with Gasteiger partial charge >= 0.3 is 0 Å². The van der Waals surface area contributed by atoms with Gasteiger partial charge in [-0.05, 0) is 43.3 Å². The summed E-state index contributed by atoms with van der Waals surface area (Å²) < 4.78 is 0. The summed E-state index contributed by atoms with van der Waals surface area (Å²) in [4.78, 5) is 13.1. The zero-order valence-corrected chi connectivity index (χ0v) is 13.1. The van der Waals surface area contributed by atoms with Gasteiger partial charge in [-0.25, -0.2) is 0 Å². The molecule has 2 aromatic rings. The zero-order chi connectivity index (χ0) is 14.5. The predicted molar refractivity (Wildman–Crippen MR) is 86.9 cm³/mol. The topological polar surface area (TPSA) is 29.1 Å². The van der Waals surface area contributed by atoms with Gasteiger partial charge in [-0.2, -0.15) is 0 Å². The number of anilines is 1. The molecule has 2 nitrogen and oxygen atoms in total. The minimum absolute atomic E-state index is 0.0851. The first-order valence-electron chi connectivity index (χ1n) is 6.04. The van der Waals surface area contributed by atoms with Crippen LogP contribution in [0.4, 0.5) is 5.69 Å². The third-order valence-corrected chi connectivity index (χ3v) is 4.32. The van der Waals surface area contributed by atoms with Gasteiger partial charge in [-0.3, -0.25) is 4.79 Å². The lowest BCUT2D eigenvalue weighted by Crippen LogP contribution is -2.22. The number of halogens is 2. The summed E-state index contributed by atoms with van der Waals surface area (Å²) in [6.07, 6.45) is 0. The van der Waals surface area contributed by atoms with Gasteiger partial charge in [0.25, 0.3) is 0 Å². The summed E-state index contributed by atoms with van der Waals surface area (Å²) in [5, 5.41) is 3.81. The van der Waals surface area contributed by atoms with Crippen LogP contribution in [0.25, 0.3) is 0 Å². The lowest BCUT2D eigenvalue weighted by molar-refractivity contribution is -0.115. The molecule has 2 aromatic carbocycles. The number of amides is 1. The predicted octanol–water partition coefficient (Wildman–Crippen LogP) is 5.11. The van der Waals surface area contributed by atoms with E-state index in [4.69, 9.17) is 23.2 Å². The number of benzene rings is 2. The minimum atomic E-state index is -0.229. The lowest BCUT2D eigenvalue weighted by atomic mass is 10.3. The largest absolute Gasteiger partial charge is 0.324 e. The fourth-order valence-corrected chi connectivity index (χ4v) is 2.74. The molecule has 0 saturated heterocycles. The Morgan fingerprint density at radius 2 is 1.75 bits per heavy atom. The summed E-state index contributed by atoms with van der Waals surface area (Å²) in [5.74, 6) is -0.0851. The molecular weight excluding hydrogens is 313 g/mol. The average Bonchev–Trinajstić information content (AvgIpc) is 2.44. The van der Waals surface area contributed by atoms with Crippen molar-refractivity contribution in [2.45, 2.75) is 17.1 Å². The van der Waals surface area contributed by atoms with Gasteiger partial charge in [0, 0.05) is 9.92 Å². The van der Waals surface area contributed by atoms with E-state index in [9.17, 15) is 4.79 Å². The number of hydrogen-bond acceptors (Lipinski definition) is 2. The van der Waals surface area contributed by atoms with Crippen LogP contribution >= 0.6 is 35.0 Å². The molecule has 0 fully saturated rings. The molecule has 0 aromatic heterocycles. The summed E-state index contributed by atoms with van der Waals surface area (Å²) in [6.45, 7) is 1.85. The van der Waals surface area contributed by atoms with Crippen LogP contribution in [0.2, 0.25) is 10.0 Å². The highest BCUT2D eigenvalue weighted by molar-refractivity contribution is 8.00. The van der Waals surface area contributed by atoms with Gasteiger partial charge in [0.05, 0.1) is 16.0 Å². The van der Waals surface area contributed by atoms with E-state index in [0.717, 1.165) is 4.90 Å². The average molecular weight is 326 g/mol. The number of thioether (sulfide) groups is 1. The number of nitrogens with one attached hydrogen (secondary N) is 1. The lowest BCUT2D eigenvalue weighted by Gasteiger charge is -2.12. The number of rotatable bonds is 4. The first kappa shape index (κ1) is 15.2. The van der Waals surface area contributed by atoms with Crippen LogP contribution in [-0.2, 0) is 4.79 Å². The van der Waals surface area contributed by atoms with Crippen molar-refractivity contribution in [1.29, 1.82) is 0 Å². The van der Waals surface area contributed by atoms with Crippen molar-refractivity contribution < 1.29 is 4.79 Å². The monoisotopic (exact) mass is 325 g/mol. The molecule has 5 heteroatoms. The molecule has 0 unspecified atom stereocenters. The van der Waals surface area contributed by atoms with Crippen molar-refractivity contribution >= 4 is 46.6 Å². The Morgan fingerprint density at radius 1 is 1.10 bits per heavy atom. The number of carbonyl (C=O) groups excluding carboxylic acids is 1. The van der Waals surface area contributed by atoms with E-state index in [1.807, 2.05) is 43.3 Å². The highest BCUT2D eigenvalue weighted by Gasteiger charge is 2.15.